The fourth-order valence-electron chi connectivity index (χ4n) is 1.92. The zero-order valence-electron chi connectivity index (χ0n) is 9.91. The van der Waals surface area contributed by atoms with Crippen LogP contribution in [0.5, 0.6) is 5.88 Å². The Balaban J connectivity index is 0.00000162. The van der Waals surface area contributed by atoms with E-state index in [0.29, 0.717) is 12.0 Å². The van der Waals surface area contributed by atoms with E-state index in [1.54, 1.807) is 13.8 Å². The number of halogens is 4. The van der Waals surface area contributed by atoms with Crippen molar-refractivity contribution in [2.75, 3.05) is 0 Å². The molecule has 0 bridgehead atoms. The van der Waals surface area contributed by atoms with E-state index in [-0.39, 0.29) is 24.3 Å². The average molecular weight is 283 g/mol. The van der Waals surface area contributed by atoms with Crippen LogP contribution in [0, 0.1) is 0 Å². The van der Waals surface area contributed by atoms with Crippen molar-refractivity contribution in [2.45, 2.75) is 38.1 Å². The van der Waals surface area contributed by atoms with Crippen molar-refractivity contribution >= 4 is 12.4 Å². The van der Waals surface area contributed by atoms with E-state index in [0.717, 1.165) is 6.07 Å². The molecule has 1 aromatic rings. The van der Waals surface area contributed by atoms with Crippen molar-refractivity contribution in [2.24, 2.45) is 5.73 Å². The molecule has 2 N–H and O–H groups in total. The lowest BCUT2D eigenvalue weighted by Crippen LogP contribution is -2.38. The molecule has 7 heteroatoms. The van der Waals surface area contributed by atoms with E-state index in [1.165, 1.54) is 6.07 Å². The maximum atomic E-state index is 12.5. The van der Waals surface area contributed by atoms with Gasteiger partial charge in [0, 0.05) is 18.0 Å². The lowest BCUT2D eigenvalue weighted by atomic mass is 9.92. The summed E-state index contributed by atoms with van der Waals surface area (Å²) in [4.78, 5) is 3.50. The molecule has 102 valence electrons. The first-order valence-corrected chi connectivity index (χ1v) is 5.22. The van der Waals surface area contributed by atoms with Crippen molar-refractivity contribution in [1.82, 2.24) is 4.98 Å². The van der Waals surface area contributed by atoms with Crippen molar-refractivity contribution in [3.8, 4) is 5.88 Å². The van der Waals surface area contributed by atoms with Gasteiger partial charge in [-0.25, -0.2) is 4.98 Å². The minimum absolute atomic E-state index is 0. The molecule has 0 aromatic carbocycles. The van der Waals surface area contributed by atoms with E-state index < -0.39 is 17.5 Å². The van der Waals surface area contributed by atoms with Gasteiger partial charge in [0.2, 0.25) is 5.88 Å². The maximum absolute atomic E-state index is 12.5. The molecule has 2 rings (SSSR count). The molecule has 0 amide bonds. The quantitative estimate of drug-likeness (QED) is 0.795. The summed E-state index contributed by atoms with van der Waals surface area (Å²) >= 11 is 0. The third-order valence-electron chi connectivity index (χ3n) is 2.66. The molecule has 2 heterocycles. The Morgan fingerprint density at radius 2 is 2.00 bits per heavy atom. The van der Waals surface area contributed by atoms with Crippen molar-refractivity contribution in [1.29, 1.82) is 0 Å². The lowest BCUT2D eigenvalue weighted by molar-refractivity contribution is -0.141. The van der Waals surface area contributed by atoms with Crippen molar-refractivity contribution in [3.05, 3.63) is 23.4 Å². The number of ether oxygens (including phenoxy) is 1. The summed E-state index contributed by atoms with van der Waals surface area (Å²) in [6, 6.07) is 1.93. The third-order valence-corrected chi connectivity index (χ3v) is 2.66. The molecule has 1 atom stereocenters. The molecular weight excluding hydrogens is 269 g/mol. The Morgan fingerprint density at radius 1 is 1.39 bits per heavy atom. The van der Waals surface area contributed by atoms with Gasteiger partial charge in [0.15, 0.2) is 0 Å². The molecule has 1 unspecified atom stereocenters. The molecule has 0 saturated heterocycles. The lowest BCUT2D eigenvalue weighted by Gasteiger charge is -2.35. The average Bonchev–Trinajstić information content (AvgIpc) is 2.13. The van der Waals surface area contributed by atoms with E-state index >= 15 is 0 Å². The Morgan fingerprint density at radius 3 is 2.56 bits per heavy atom. The topological polar surface area (TPSA) is 48.1 Å². The van der Waals surface area contributed by atoms with Gasteiger partial charge in [-0.2, -0.15) is 13.2 Å². The molecule has 0 radical (unpaired) electrons. The summed E-state index contributed by atoms with van der Waals surface area (Å²) in [6.07, 6.45) is -3.92. The highest BCUT2D eigenvalue weighted by atomic mass is 35.5. The highest BCUT2D eigenvalue weighted by Crippen LogP contribution is 2.39. The minimum Gasteiger partial charge on any atom is -0.471 e. The number of pyridine rings is 1. The number of nitrogens with zero attached hydrogens (tertiary/aromatic N) is 1. The first-order chi connectivity index (χ1) is 7.69. The minimum atomic E-state index is -4.47. The predicted molar refractivity (Wildman–Crippen MR) is 62.7 cm³/mol. The van der Waals surface area contributed by atoms with Gasteiger partial charge in [-0.15, -0.1) is 12.4 Å². The van der Waals surface area contributed by atoms with Gasteiger partial charge in [0.1, 0.15) is 11.3 Å². The van der Waals surface area contributed by atoms with Crippen LogP contribution in [0.4, 0.5) is 13.2 Å². The van der Waals surface area contributed by atoms with Crippen LogP contribution in [-0.2, 0) is 6.18 Å². The highest BCUT2D eigenvalue weighted by molar-refractivity contribution is 5.85. The number of rotatable bonds is 0. The predicted octanol–water partition coefficient (Wildman–Crippen LogP) is 3.08. The second-order valence-electron chi connectivity index (χ2n) is 4.76. The number of hydrogen-bond donors (Lipinski definition) is 1. The standard InChI is InChI=1S/C11H13F3N2O.ClH/c1-10(2)5-7(15)6-3-4-8(11(12,13)14)16-9(6)17-10;/h3-4,7H,5,15H2,1-2H3;1H. The Bertz CT molecular complexity index is 448. The monoisotopic (exact) mass is 282 g/mol. The van der Waals surface area contributed by atoms with Crippen molar-refractivity contribution in [3.63, 3.8) is 0 Å². The van der Waals surface area contributed by atoms with Crippen LogP contribution in [0.3, 0.4) is 0 Å². The van der Waals surface area contributed by atoms with Gasteiger partial charge in [-0.1, -0.05) is 0 Å². The van der Waals surface area contributed by atoms with Crippen LogP contribution in [0.15, 0.2) is 12.1 Å². The zero-order chi connectivity index (χ0) is 12.8. The number of fused-ring (bicyclic) bond motifs is 1. The summed E-state index contributed by atoms with van der Waals surface area (Å²) in [5, 5.41) is 0. The molecule has 1 aliphatic rings. The van der Waals surface area contributed by atoms with Gasteiger partial charge in [0.25, 0.3) is 0 Å². The van der Waals surface area contributed by atoms with E-state index in [9.17, 15) is 13.2 Å². The van der Waals surface area contributed by atoms with Crippen molar-refractivity contribution < 1.29 is 17.9 Å². The van der Waals surface area contributed by atoms with E-state index in [2.05, 4.69) is 4.98 Å². The van der Waals surface area contributed by atoms with Crippen LogP contribution >= 0.6 is 12.4 Å². The zero-order valence-corrected chi connectivity index (χ0v) is 10.7. The number of alkyl halides is 3. The SMILES string of the molecule is CC1(C)CC(N)c2ccc(C(F)(F)F)nc2O1.Cl. The first-order valence-electron chi connectivity index (χ1n) is 5.22. The molecule has 18 heavy (non-hydrogen) atoms. The van der Waals surface area contributed by atoms with Gasteiger partial charge < -0.3 is 10.5 Å². The van der Waals surface area contributed by atoms with Crippen LogP contribution in [0.2, 0.25) is 0 Å². The fourth-order valence-corrected chi connectivity index (χ4v) is 1.92. The largest absolute Gasteiger partial charge is 0.471 e. The summed E-state index contributed by atoms with van der Waals surface area (Å²) < 4.78 is 42.9. The molecule has 1 aromatic heterocycles. The normalized spacial score (nSPS) is 21.6. The Kier molecular flexibility index (Phi) is 3.83. The summed E-state index contributed by atoms with van der Waals surface area (Å²) in [5.74, 6) is -0.0106. The van der Waals surface area contributed by atoms with Gasteiger partial charge in [-0.05, 0) is 26.0 Å². The van der Waals surface area contributed by atoms with Gasteiger partial charge >= 0.3 is 6.18 Å². The molecule has 0 aliphatic carbocycles. The fraction of sp³-hybridized carbons (Fsp3) is 0.545. The Labute approximate surface area is 109 Å². The second-order valence-corrected chi connectivity index (χ2v) is 4.76. The number of aromatic nitrogens is 1. The van der Waals surface area contributed by atoms with Crippen LogP contribution in [0.25, 0.3) is 0 Å². The van der Waals surface area contributed by atoms with E-state index in [1.807, 2.05) is 0 Å². The van der Waals surface area contributed by atoms with Crippen LogP contribution in [-0.4, -0.2) is 10.6 Å². The van der Waals surface area contributed by atoms with Gasteiger partial charge in [0.05, 0.1) is 0 Å². The summed E-state index contributed by atoms with van der Waals surface area (Å²) in [5.41, 5.74) is 4.85. The molecule has 0 saturated carbocycles. The highest BCUT2D eigenvalue weighted by Gasteiger charge is 2.37. The van der Waals surface area contributed by atoms with Gasteiger partial charge in [-0.3, -0.25) is 0 Å². The maximum Gasteiger partial charge on any atom is 0.433 e. The first kappa shape index (κ1) is 15.0. The molecule has 1 aliphatic heterocycles. The molecule has 0 spiro atoms. The van der Waals surface area contributed by atoms with Crippen LogP contribution < -0.4 is 10.5 Å². The van der Waals surface area contributed by atoms with Crippen LogP contribution in [0.1, 0.15) is 37.6 Å². The smallest absolute Gasteiger partial charge is 0.433 e. The summed E-state index contributed by atoms with van der Waals surface area (Å²) in [6.45, 7) is 3.55. The molecule has 0 fully saturated rings. The molecular formula is C11H14ClF3N2O. The Hall–Kier alpha value is -1.01. The summed E-state index contributed by atoms with van der Waals surface area (Å²) in [7, 11) is 0. The molecule has 3 nitrogen and oxygen atoms in total. The number of nitrogens with two attached hydrogens (primary N) is 1. The van der Waals surface area contributed by atoms with E-state index in [4.69, 9.17) is 10.5 Å². The number of hydrogen-bond acceptors (Lipinski definition) is 3. The second kappa shape index (κ2) is 4.59. The third kappa shape index (κ3) is 2.87.